The number of nitrogens with two attached hydrogens (primary N) is 1. The van der Waals surface area contributed by atoms with Crippen molar-refractivity contribution in [1.82, 2.24) is 14.8 Å². The molecular weight excluding hydrogens is 312 g/mol. The zero-order chi connectivity index (χ0) is 17.2. The highest BCUT2D eigenvalue weighted by molar-refractivity contribution is 5.94. The molecule has 0 radical (unpaired) electrons. The van der Waals surface area contributed by atoms with E-state index < -0.39 is 0 Å². The van der Waals surface area contributed by atoms with E-state index in [1.54, 1.807) is 18.3 Å². The van der Waals surface area contributed by atoms with Crippen molar-refractivity contribution in [3.05, 3.63) is 59.3 Å². The molecule has 130 valence electrons. The van der Waals surface area contributed by atoms with E-state index in [1.165, 1.54) is 11.1 Å². The minimum absolute atomic E-state index is 0.0648. The van der Waals surface area contributed by atoms with Crippen LogP contribution in [0.2, 0.25) is 0 Å². The lowest BCUT2D eigenvalue weighted by Gasteiger charge is -2.40. The Hall–Kier alpha value is -2.40. The van der Waals surface area contributed by atoms with Crippen LogP contribution in [0.25, 0.3) is 0 Å². The van der Waals surface area contributed by atoms with Crippen LogP contribution >= 0.6 is 0 Å². The largest absolute Gasteiger partial charge is 0.384 e. The number of fused-ring (bicyclic) bond motifs is 1. The van der Waals surface area contributed by atoms with E-state index >= 15 is 0 Å². The van der Waals surface area contributed by atoms with Gasteiger partial charge in [0, 0.05) is 38.4 Å². The Balaban J connectivity index is 1.36. The molecule has 0 saturated carbocycles. The number of likely N-dealkylation sites (tertiary alicyclic amines) is 1. The van der Waals surface area contributed by atoms with E-state index in [2.05, 4.69) is 34.1 Å². The van der Waals surface area contributed by atoms with Crippen molar-refractivity contribution in [2.45, 2.75) is 31.8 Å². The summed E-state index contributed by atoms with van der Waals surface area (Å²) in [7, 11) is 0. The number of piperidine rings is 1. The van der Waals surface area contributed by atoms with Crippen LogP contribution in [-0.4, -0.2) is 46.4 Å². The number of benzene rings is 1. The highest BCUT2D eigenvalue weighted by atomic mass is 16.2. The molecule has 2 aromatic rings. The van der Waals surface area contributed by atoms with Gasteiger partial charge in [0.25, 0.3) is 5.91 Å². The van der Waals surface area contributed by atoms with Crippen LogP contribution in [0.1, 0.15) is 34.3 Å². The Morgan fingerprint density at radius 1 is 1.04 bits per heavy atom. The maximum atomic E-state index is 12.6. The summed E-state index contributed by atoms with van der Waals surface area (Å²) in [5.41, 5.74) is 9.17. The van der Waals surface area contributed by atoms with Gasteiger partial charge in [-0.2, -0.15) is 0 Å². The Morgan fingerprint density at radius 3 is 2.52 bits per heavy atom. The first-order valence-electron chi connectivity index (χ1n) is 9.02. The first kappa shape index (κ1) is 16.1. The van der Waals surface area contributed by atoms with Crippen molar-refractivity contribution in [3.63, 3.8) is 0 Å². The zero-order valence-corrected chi connectivity index (χ0v) is 14.4. The summed E-state index contributed by atoms with van der Waals surface area (Å²) in [4.78, 5) is 21.2. The average Bonchev–Trinajstić information content (AvgIpc) is 2.68. The van der Waals surface area contributed by atoms with Crippen LogP contribution < -0.4 is 5.73 Å². The van der Waals surface area contributed by atoms with Gasteiger partial charge in [-0.15, -0.1) is 0 Å². The summed E-state index contributed by atoms with van der Waals surface area (Å²) in [6.07, 6.45) is 4.78. The topological polar surface area (TPSA) is 62.5 Å². The second kappa shape index (κ2) is 6.84. The van der Waals surface area contributed by atoms with Crippen molar-refractivity contribution in [3.8, 4) is 0 Å². The molecule has 25 heavy (non-hydrogen) atoms. The Morgan fingerprint density at radius 2 is 1.80 bits per heavy atom. The van der Waals surface area contributed by atoms with Gasteiger partial charge in [-0.3, -0.25) is 9.69 Å². The fourth-order valence-corrected chi connectivity index (χ4v) is 3.98. The molecule has 3 heterocycles. The van der Waals surface area contributed by atoms with E-state index in [4.69, 9.17) is 5.73 Å². The highest BCUT2D eigenvalue weighted by Gasteiger charge is 2.29. The molecule has 2 aliphatic rings. The molecule has 1 aromatic heterocycles. The number of nitrogens with zero attached hydrogens (tertiary/aromatic N) is 3. The maximum absolute atomic E-state index is 12.6. The fourth-order valence-electron chi connectivity index (χ4n) is 3.98. The van der Waals surface area contributed by atoms with Gasteiger partial charge in [-0.05, 0) is 42.5 Å². The lowest BCUT2D eigenvalue weighted by atomic mass is 9.95. The smallest absolute Gasteiger partial charge is 0.255 e. The van der Waals surface area contributed by atoms with Crippen molar-refractivity contribution >= 4 is 11.7 Å². The van der Waals surface area contributed by atoms with Gasteiger partial charge in [0.1, 0.15) is 5.82 Å². The number of nitrogen functional groups attached to an aromatic ring is 1. The quantitative estimate of drug-likeness (QED) is 0.914. The van der Waals surface area contributed by atoms with Gasteiger partial charge in [0.2, 0.25) is 0 Å². The number of hydrogen-bond acceptors (Lipinski definition) is 4. The van der Waals surface area contributed by atoms with Gasteiger partial charge >= 0.3 is 0 Å². The second-order valence-corrected chi connectivity index (χ2v) is 6.98. The molecule has 0 bridgehead atoms. The predicted molar refractivity (Wildman–Crippen MR) is 98.1 cm³/mol. The molecule has 1 amide bonds. The number of amides is 1. The van der Waals surface area contributed by atoms with Gasteiger partial charge in [-0.25, -0.2) is 4.98 Å². The molecule has 2 N–H and O–H groups in total. The monoisotopic (exact) mass is 336 g/mol. The molecule has 1 aromatic carbocycles. The molecule has 5 nitrogen and oxygen atoms in total. The molecule has 0 atom stereocenters. The molecule has 0 unspecified atom stereocenters. The number of rotatable bonds is 2. The first-order chi connectivity index (χ1) is 12.2. The number of hydrogen-bond donors (Lipinski definition) is 1. The molecule has 0 spiro atoms. The van der Waals surface area contributed by atoms with Crippen molar-refractivity contribution < 1.29 is 4.79 Å². The van der Waals surface area contributed by atoms with Crippen LogP contribution in [0.15, 0.2) is 42.6 Å². The van der Waals surface area contributed by atoms with E-state index in [-0.39, 0.29) is 5.91 Å². The number of anilines is 1. The number of aromatic nitrogens is 1. The third-order valence-corrected chi connectivity index (χ3v) is 5.46. The molecule has 1 fully saturated rings. The van der Waals surface area contributed by atoms with E-state index in [1.807, 2.05) is 4.90 Å². The van der Waals surface area contributed by atoms with Gasteiger partial charge < -0.3 is 10.6 Å². The third-order valence-electron chi connectivity index (χ3n) is 5.46. The Bertz CT molecular complexity index is 751. The van der Waals surface area contributed by atoms with Crippen LogP contribution in [0.4, 0.5) is 5.82 Å². The summed E-state index contributed by atoms with van der Waals surface area (Å²) in [5, 5.41) is 0. The Labute approximate surface area is 148 Å². The summed E-state index contributed by atoms with van der Waals surface area (Å²) >= 11 is 0. The average molecular weight is 336 g/mol. The molecule has 4 rings (SSSR count). The van der Waals surface area contributed by atoms with Crippen molar-refractivity contribution in [2.75, 3.05) is 25.4 Å². The number of carbonyl (C=O) groups excluding carboxylic acids is 1. The van der Waals surface area contributed by atoms with Crippen LogP contribution in [0.5, 0.6) is 0 Å². The van der Waals surface area contributed by atoms with Gasteiger partial charge in [-0.1, -0.05) is 24.3 Å². The third kappa shape index (κ3) is 3.37. The summed E-state index contributed by atoms with van der Waals surface area (Å²) < 4.78 is 0. The molecule has 5 heteroatoms. The van der Waals surface area contributed by atoms with Gasteiger partial charge in [0.15, 0.2) is 0 Å². The number of carbonyl (C=O) groups is 1. The minimum atomic E-state index is 0.0648. The standard InChI is InChI=1S/C20H24N4O/c21-19-6-5-16(13-22-19)20(25)23-11-8-18(9-12-23)24-10-7-15-3-1-2-4-17(15)14-24/h1-6,13,18H,7-12,14H2,(H2,21,22). The summed E-state index contributed by atoms with van der Waals surface area (Å²) in [6.45, 7) is 3.78. The van der Waals surface area contributed by atoms with E-state index in [9.17, 15) is 4.79 Å². The summed E-state index contributed by atoms with van der Waals surface area (Å²) in [5.74, 6) is 0.510. The van der Waals surface area contributed by atoms with Crippen molar-refractivity contribution in [1.29, 1.82) is 0 Å². The zero-order valence-electron chi connectivity index (χ0n) is 14.4. The normalized spacial score (nSPS) is 18.8. The van der Waals surface area contributed by atoms with E-state index in [0.717, 1.165) is 45.4 Å². The minimum Gasteiger partial charge on any atom is -0.384 e. The lowest BCUT2D eigenvalue weighted by molar-refractivity contribution is 0.0599. The van der Waals surface area contributed by atoms with E-state index in [0.29, 0.717) is 17.4 Å². The first-order valence-corrected chi connectivity index (χ1v) is 9.02. The number of pyridine rings is 1. The molecule has 0 aliphatic carbocycles. The second-order valence-electron chi connectivity index (χ2n) is 6.98. The maximum Gasteiger partial charge on any atom is 0.255 e. The fraction of sp³-hybridized carbons (Fsp3) is 0.400. The van der Waals surface area contributed by atoms with Gasteiger partial charge in [0.05, 0.1) is 5.56 Å². The lowest BCUT2D eigenvalue weighted by Crippen LogP contribution is -2.48. The van der Waals surface area contributed by atoms with Crippen LogP contribution in [-0.2, 0) is 13.0 Å². The van der Waals surface area contributed by atoms with Crippen molar-refractivity contribution in [2.24, 2.45) is 0 Å². The Kier molecular flexibility index (Phi) is 4.40. The molecule has 2 aliphatic heterocycles. The highest BCUT2D eigenvalue weighted by Crippen LogP contribution is 2.25. The SMILES string of the molecule is Nc1ccc(C(=O)N2CCC(N3CCc4ccccc4C3)CC2)cn1. The van der Waals surface area contributed by atoms with Crippen LogP contribution in [0.3, 0.4) is 0 Å². The summed E-state index contributed by atoms with van der Waals surface area (Å²) in [6, 6.07) is 12.8. The predicted octanol–water partition coefficient (Wildman–Crippen LogP) is 2.33. The van der Waals surface area contributed by atoms with Crippen LogP contribution in [0, 0.1) is 0 Å². The molecular formula is C20H24N4O. The molecule has 1 saturated heterocycles.